The summed E-state index contributed by atoms with van der Waals surface area (Å²) in [7, 11) is 0. The summed E-state index contributed by atoms with van der Waals surface area (Å²) in [6.45, 7) is 0. The molecule has 32 heavy (non-hydrogen) atoms. The SMILES string of the molecule is O=C(Oc1ccc2c(-c3cc4cc(Cl)ccc4oc3=O)cc(=O)oc2c1)c1cccnc1. The van der Waals surface area contributed by atoms with E-state index in [0.717, 1.165) is 0 Å². The van der Waals surface area contributed by atoms with E-state index in [4.69, 9.17) is 25.2 Å². The van der Waals surface area contributed by atoms with E-state index in [2.05, 4.69) is 4.98 Å². The fourth-order valence-corrected chi connectivity index (χ4v) is 3.54. The molecule has 0 unspecified atom stereocenters. The molecule has 0 aliphatic carbocycles. The van der Waals surface area contributed by atoms with Gasteiger partial charge in [0.25, 0.3) is 0 Å². The van der Waals surface area contributed by atoms with Crippen molar-refractivity contribution in [1.29, 1.82) is 0 Å². The van der Waals surface area contributed by atoms with Crippen LogP contribution in [0.2, 0.25) is 5.02 Å². The number of carbonyl (C=O) groups excluding carboxylic acids is 1. The molecule has 0 atom stereocenters. The number of rotatable bonds is 3. The normalized spacial score (nSPS) is 11.0. The molecule has 0 fully saturated rings. The summed E-state index contributed by atoms with van der Waals surface area (Å²) < 4.78 is 16.0. The molecular formula is C24H12ClNO6. The van der Waals surface area contributed by atoms with Crippen LogP contribution in [0, 0.1) is 0 Å². The Bertz CT molecular complexity index is 1620. The molecule has 3 heterocycles. The molecule has 3 aromatic heterocycles. The first-order valence-electron chi connectivity index (χ1n) is 9.42. The van der Waals surface area contributed by atoms with Gasteiger partial charge in [-0.25, -0.2) is 14.4 Å². The number of ether oxygens (including phenoxy) is 1. The summed E-state index contributed by atoms with van der Waals surface area (Å²) in [5.74, 6) is -0.438. The van der Waals surface area contributed by atoms with E-state index < -0.39 is 17.2 Å². The number of benzene rings is 2. The lowest BCUT2D eigenvalue weighted by Gasteiger charge is -2.08. The van der Waals surface area contributed by atoms with Gasteiger partial charge in [-0.15, -0.1) is 0 Å². The van der Waals surface area contributed by atoms with Crippen LogP contribution in [0.4, 0.5) is 0 Å². The Labute approximate surface area is 184 Å². The molecule has 156 valence electrons. The van der Waals surface area contributed by atoms with E-state index in [-0.39, 0.29) is 22.5 Å². The van der Waals surface area contributed by atoms with Gasteiger partial charge in [0.05, 0.1) is 11.1 Å². The van der Waals surface area contributed by atoms with Crippen LogP contribution in [-0.4, -0.2) is 11.0 Å². The molecule has 0 aliphatic heterocycles. The highest BCUT2D eigenvalue weighted by atomic mass is 35.5. The second-order valence-electron chi connectivity index (χ2n) is 6.90. The maximum absolute atomic E-state index is 12.6. The second-order valence-corrected chi connectivity index (χ2v) is 7.33. The number of hydrogen-bond donors (Lipinski definition) is 0. The van der Waals surface area contributed by atoms with Crippen molar-refractivity contribution in [2.45, 2.75) is 0 Å². The van der Waals surface area contributed by atoms with Crippen LogP contribution in [0.5, 0.6) is 5.75 Å². The van der Waals surface area contributed by atoms with E-state index in [9.17, 15) is 14.4 Å². The van der Waals surface area contributed by atoms with Crippen molar-refractivity contribution in [1.82, 2.24) is 4.98 Å². The van der Waals surface area contributed by atoms with Gasteiger partial charge in [0.1, 0.15) is 16.9 Å². The third-order valence-corrected chi connectivity index (χ3v) is 5.04. The zero-order valence-electron chi connectivity index (χ0n) is 16.2. The highest BCUT2D eigenvalue weighted by molar-refractivity contribution is 6.31. The molecular weight excluding hydrogens is 434 g/mol. The lowest BCUT2D eigenvalue weighted by molar-refractivity contribution is 0.0734. The maximum Gasteiger partial charge on any atom is 0.345 e. The van der Waals surface area contributed by atoms with Gasteiger partial charge in [-0.1, -0.05) is 11.6 Å². The van der Waals surface area contributed by atoms with E-state index in [0.29, 0.717) is 26.9 Å². The van der Waals surface area contributed by atoms with Crippen LogP contribution in [-0.2, 0) is 0 Å². The van der Waals surface area contributed by atoms with Crippen LogP contribution in [0.1, 0.15) is 10.4 Å². The highest BCUT2D eigenvalue weighted by Gasteiger charge is 2.16. The Morgan fingerprint density at radius 3 is 2.59 bits per heavy atom. The summed E-state index contributed by atoms with van der Waals surface area (Å²) >= 11 is 6.05. The van der Waals surface area contributed by atoms with Crippen molar-refractivity contribution < 1.29 is 18.4 Å². The van der Waals surface area contributed by atoms with E-state index in [1.807, 2.05) is 0 Å². The summed E-state index contributed by atoms with van der Waals surface area (Å²) in [4.78, 5) is 41.0. The number of halogens is 1. The van der Waals surface area contributed by atoms with Gasteiger partial charge in [-0.3, -0.25) is 4.98 Å². The average Bonchev–Trinajstić information content (AvgIpc) is 2.78. The number of fused-ring (bicyclic) bond motifs is 2. The number of esters is 1. The Morgan fingerprint density at radius 2 is 1.78 bits per heavy atom. The largest absolute Gasteiger partial charge is 0.423 e. The monoisotopic (exact) mass is 445 g/mol. The topological polar surface area (TPSA) is 99.6 Å². The van der Waals surface area contributed by atoms with Crippen molar-refractivity contribution in [3.63, 3.8) is 0 Å². The molecule has 0 spiro atoms. The lowest BCUT2D eigenvalue weighted by Crippen LogP contribution is -2.09. The molecule has 0 bridgehead atoms. The number of hydrogen-bond acceptors (Lipinski definition) is 7. The first-order chi connectivity index (χ1) is 15.5. The Hall–Kier alpha value is -4.23. The molecule has 0 amide bonds. The zero-order valence-corrected chi connectivity index (χ0v) is 17.0. The molecule has 7 nitrogen and oxygen atoms in total. The molecule has 0 N–H and O–H groups in total. The number of aromatic nitrogens is 1. The third-order valence-electron chi connectivity index (χ3n) is 4.81. The molecule has 5 rings (SSSR count). The first-order valence-corrected chi connectivity index (χ1v) is 9.80. The first kappa shape index (κ1) is 19.7. The molecule has 5 aromatic rings. The van der Waals surface area contributed by atoms with Gasteiger partial charge in [0.15, 0.2) is 0 Å². The molecule has 0 radical (unpaired) electrons. The Morgan fingerprint density at radius 1 is 0.906 bits per heavy atom. The van der Waals surface area contributed by atoms with Crippen LogP contribution < -0.4 is 16.0 Å². The lowest BCUT2D eigenvalue weighted by atomic mass is 10.0. The van der Waals surface area contributed by atoms with Crippen LogP contribution >= 0.6 is 11.6 Å². The minimum atomic E-state index is -0.672. The third kappa shape index (κ3) is 3.66. The summed E-state index contributed by atoms with van der Waals surface area (Å²) in [5.41, 5.74) is 0.0206. The molecule has 0 saturated carbocycles. The Kier molecular flexibility index (Phi) is 4.80. The van der Waals surface area contributed by atoms with Crippen molar-refractivity contribution >= 4 is 39.5 Å². The van der Waals surface area contributed by atoms with Crippen molar-refractivity contribution in [3.05, 3.63) is 104 Å². The van der Waals surface area contributed by atoms with Gasteiger partial charge in [0, 0.05) is 45.9 Å². The van der Waals surface area contributed by atoms with Crippen molar-refractivity contribution in [3.8, 4) is 16.9 Å². The maximum atomic E-state index is 12.6. The van der Waals surface area contributed by atoms with Crippen LogP contribution in [0.15, 0.2) is 91.5 Å². The standard InChI is InChI=1S/C24H12ClNO6/c25-15-3-6-20-14(8-15)9-19(24(29)32-20)18-11-22(27)31-21-10-16(4-5-17(18)21)30-23(28)13-2-1-7-26-12-13/h1-12H. The van der Waals surface area contributed by atoms with E-state index in [1.54, 1.807) is 54.7 Å². The summed E-state index contributed by atoms with van der Waals surface area (Å²) in [6, 6.07) is 15.4. The predicted molar refractivity (Wildman–Crippen MR) is 118 cm³/mol. The van der Waals surface area contributed by atoms with Gasteiger partial charge < -0.3 is 13.6 Å². The molecule has 8 heteroatoms. The van der Waals surface area contributed by atoms with Gasteiger partial charge in [-0.2, -0.15) is 0 Å². The molecule has 2 aromatic carbocycles. The summed E-state index contributed by atoms with van der Waals surface area (Å²) in [5, 5.41) is 1.56. The van der Waals surface area contributed by atoms with Gasteiger partial charge in [-0.05, 0) is 48.5 Å². The fraction of sp³-hybridized carbons (Fsp3) is 0. The quantitative estimate of drug-likeness (QED) is 0.222. The highest BCUT2D eigenvalue weighted by Crippen LogP contribution is 2.30. The van der Waals surface area contributed by atoms with Gasteiger partial charge >= 0.3 is 17.2 Å². The van der Waals surface area contributed by atoms with Crippen LogP contribution in [0.3, 0.4) is 0 Å². The number of carbonyl (C=O) groups is 1. The minimum Gasteiger partial charge on any atom is -0.423 e. The fourth-order valence-electron chi connectivity index (χ4n) is 3.36. The van der Waals surface area contributed by atoms with E-state index in [1.165, 1.54) is 18.3 Å². The minimum absolute atomic E-state index is 0.148. The van der Waals surface area contributed by atoms with E-state index >= 15 is 0 Å². The van der Waals surface area contributed by atoms with Crippen molar-refractivity contribution in [2.75, 3.05) is 0 Å². The smallest absolute Gasteiger partial charge is 0.345 e. The van der Waals surface area contributed by atoms with Gasteiger partial charge in [0.2, 0.25) is 0 Å². The average molecular weight is 446 g/mol. The second kappa shape index (κ2) is 7.79. The summed E-state index contributed by atoms with van der Waals surface area (Å²) in [6.07, 6.45) is 2.92. The number of nitrogens with zero attached hydrogens (tertiary/aromatic N) is 1. The zero-order chi connectivity index (χ0) is 22.2. The number of pyridine rings is 1. The van der Waals surface area contributed by atoms with Crippen LogP contribution in [0.25, 0.3) is 33.1 Å². The van der Waals surface area contributed by atoms with Crippen molar-refractivity contribution in [2.24, 2.45) is 0 Å². The Balaban J connectivity index is 1.62. The predicted octanol–water partition coefficient (Wildman–Crippen LogP) is 4.83. The molecule has 0 aliphatic rings. The molecule has 0 saturated heterocycles.